The Morgan fingerprint density at radius 2 is 1.80 bits per heavy atom. The van der Waals surface area contributed by atoms with Crippen LogP contribution in [0.4, 0.5) is 0 Å². The number of ether oxygens (including phenoxy) is 2. The number of carbonyl (C=O) groups excluding carboxylic acids is 1. The fraction of sp³-hybridized carbons (Fsp3) is 0.533. The maximum atomic E-state index is 11.5. The third kappa shape index (κ3) is 7.84. The molecule has 0 atom stereocenters. The van der Waals surface area contributed by atoms with E-state index in [2.05, 4.69) is 19.6 Å². The number of rotatable bonds is 8. The molecule has 1 aromatic carbocycles. The maximum Gasteiger partial charge on any atom is 0.305 e. The number of esters is 1. The standard InChI is InChI=1S/C15H24O4Si/c1-20(2,3)12-11-19-15(17)5-4-10-18-14-8-6-13(16)7-9-14/h6-9,16H,4-5,10-12H2,1-3H3. The van der Waals surface area contributed by atoms with Crippen LogP contribution in [0.2, 0.25) is 25.7 Å². The monoisotopic (exact) mass is 296 g/mol. The Labute approximate surface area is 121 Å². The molecule has 20 heavy (non-hydrogen) atoms. The summed E-state index contributed by atoms with van der Waals surface area (Å²) in [6.07, 6.45) is 1.01. The van der Waals surface area contributed by atoms with Crippen LogP contribution in [0.3, 0.4) is 0 Å². The summed E-state index contributed by atoms with van der Waals surface area (Å²) in [6, 6.07) is 7.53. The fourth-order valence-electron chi connectivity index (χ4n) is 1.49. The zero-order chi connectivity index (χ0) is 15.0. The topological polar surface area (TPSA) is 55.8 Å². The molecule has 0 unspecified atom stereocenters. The minimum absolute atomic E-state index is 0.155. The van der Waals surface area contributed by atoms with Crippen LogP contribution < -0.4 is 4.74 Å². The first-order valence-electron chi connectivity index (χ1n) is 6.94. The first-order valence-corrected chi connectivity index (χ1v) is 10.6. The molecule has 0 saturated heterocycles. The van der Waals surface area contributed by atoms with Crippen molar-refractivity contribution in [2.75, 3.05) is 13.2 Å². The summed E-state index contributed by atoms with van der Waals surface area (Å²) in [4.78, 5) is 11.5. The number of benzene rings is 1. The van der Waals surface area contributed by atoms with E-state index in [4.69, 9.17) is 14.6 Å². The SMILES string of the molecule is C[Si](C)(C)CCOC(=O)CCCOc1ccc(O)cc1. The molecular weight excluding hydrogens is 272 g/mol. The van der Waals surface area contributed by atoms with Crippen molar-refractivity contribution in [2.45, 2.75) is 38.5 Å². The lowest BCUT2D eigenvalue weighted by molar-refractivity contribution is -0.143. The Kier molecular flexibility index (Phi) is 6.58. The summed E-state index contributed by atoms with van der Waals surface area (Å²) < 4.78 is 10.7. The van der Waals surface area contributed by atoms with Gasteiger partial charge in [-0.05, 0) is 36.7 Å². The number of hydrogen-bond donors (Lipinski definition) is 1. The van der Waals surface area contributed by atoms with Crippen LogP contribution >= 0.6 is 0 Å². The third-order valence-corrected chi connectivity index (χ3v) is 4.45. The van der Waals surface area contributed by atoms with Crippen molar-refractivity contribution in [2.24, 2.45) is 0 Å². The van der Waals surface area contributed by atoms with E-state index in [0.717, 1.165) is 6.04 Å². The Hall–Kier alpha value is -1.49. The van der Waals surface area contributed by atoms with Gasteiger partial charge in [0.2, 0.25) is 0 Å². The highest BCUT2D eigenvalue weighted by molar-refractivity contribution is 6.76. The normalized spacial score (nSPS) is 11.2. The second-order valence-corrected chi connectivity index (χ2v) is 11.6. The zero-order valence-corrected chi connectivity index (χ0v) is 13.5. The number of aromatic hydroxyl groups is 1. The molecular formula is C15H24O4Si. The molecule has 0 amide bonds. The zero-order valence-electron chi connectivity index (χ0n) is 12.5. The molecule has 0 aromatic heterocycles. The lowest BCUT2D eigenvalue weighted by Gasteiger charge is -2.15. The molecule has 112 valence electrons. The molecule has 1 aromatic rings. The number of hydrogen-bond acceptors (Lipinski definition) is 4. The van der Waals surface area contributed by atoms with Gasteiger partial charge in [-0.15, -0.1) is 0 Å². The van der Waals surface area contributed by atoms with Crippen LogP contribution in [0, 0.1) is 0 Å². The molecule has 0 fully saturated rings. The van der Waals surface area contributed by atoms with E-state index in [0.29, 0.717) is 31.8 Å². The minimum Gasteiger partial charge on any atom is -0.508 e. The van der Waals surface area contributed by atoms with E-state index < -0.39 is 8.07 Å². The van der Waals surface area contributed by atoms with Crippen LogP contribution in [0.25, 0.3) is 0 Å². The van der Waals surface area contributed by atoms with Gasteiger partial charge in [-0.3, -0.25) is 4.79 Å². The maximum absolute atomic E-state index is 11.5. The van der Waals surface area contributed by atoms with Crippen LogP contribution in [0.15, 0.2) is 24.3 Å². The highest BCUT2D eigenvalue weighted by Gasteiger charge is 2.13. The van der Waals surface area contributed by atoms with Gasteiger partial charge in [0.25, 0.3) is 0 Å². The number of phenolic OH excluding ortho intramolecular Hbond substituents is 1. The minimum atomic E-state index is -1.13. The first kappa shape index (κ1) is 16.6. The van der Waals surface area contributed by atoms with Crippen molar-refractivity contribution in [3.05, 3.63) is 24.3 Å². The largest absolute Gasteiger partial charge is 0.508 e. The van der Waals surface area contributed by atoms with E-state index in [-0.39, 0.29) is 11.7 Å². The van der Waals surface area contributed by atoms with Gasteiger partial charge in [0, 0.05) is 14.5 Å². The van der Waals surface area contributed by atoms with Gasteiger partial charge in [-0.2, -0.15) is 0 Å². The van der Waals surface area contributed by atoms with Gasteiger partial charge in [-0.1, -0.05) is 19.6 Å². The molecule has 0 aliphatic carbocycles. The molecule has 0 heterocycles. The van der Waals surface area contributed by atoms with Crippen LogP contribution in [-0.2, 0) is 9.53 Å². The van der Waals surface area contributed by atoms with Crippen molar-refractivity contribution < 1.29 is 19.4 Å². The van der Waals surface area contributed by atoms with Gasteiger partial charge in [0.1, 0.15) is 11.5 Å². The molecule has 1 N–H and O–H groups in total. The molecule has 5 heteroatoms. The van der Waals surface area contributed by atoms with Crippen LogP contribution in [0.1, 0.15) is 12.8 Å². The van der Waals surface area contributed by atoms with Crippen molar-refractivity contribution in [1.29, 1.82) is 0 Å². The Morgan fingerprint density at radius 3 is 2.40 bits per heavy atom. The van der Waals surface area contributed by atoms with E-state index in [1.165, 1.54) is 0 Å². The quantitative estimate of drug-likeness (QED) is 0.453. The van der Waals surface area contributed by atoms with Gasteiger partial charge in [-0.25, -0.2) is 0 Å². The van der Waals surface area contributed by atoms with Crippen LogP contribution in [0.5, 0.6) is 11.5 Å². The second-order valence-electron chi connectivity index (χ2n) is 5.98. The molecule has 0 spiro atoms. The average Bonchev–Trinajstić information content (AvgIpc) is 2.35. The van der Waals surface area contributed by atoms with E-state index in [9.17, 15) is 4.79 Å². The summed E-state index contributed by atoms with van der Waals surface area (Å²) in [5.41, 5.74) is 0. The molecule has 1 rings (SSSR count). The third-order valence-electron chi connectivity index (χ3n) is 2.75. The number of phenols is 1. The van der Waals surface area contributed by atoms with E-state index in [1.54, 1.807) is 24.3 Å². The Bertz CT molecular complexity index is 409. The van der Waals surface area contributed by atoms with Crippen molar-refractivity contribution in [3.8, 4) is 11.5 Å². The second kappa shape index (κ2) is 7.94. The summed E-state index contributed by atoms with van der Waals surface area (Å²) >= 11 is 0. The first-order chi connectivity index (χ1) is 9.37. The summed E-state index contributed by atoms with van der Waals surface area (Å²) in [7, 11) is -1.13. The summed E-state index contributed by atoms with van der Waals surface area (Å²) in [6.45, 7) is 7.77. The predicted molar refractivity (Wildman–Crippen MR) is 81.9 cm³/mol. The highest BCUT2D eigenvalue weighted by Crippen LogP contribution is 2.16. The van der Waals surface area contributed by atoms with Crippen molar-refractivity contribution >= 4 is 14.0 Å². The fourth-order valence-corrected chi connectivity index (χ4v) is 2.21. The van der Waals surface area contributed by atoms with Crippen molar-refractivity contribution in [1.82, 2.24) is 0 Å². The van der Waals surface area contributed by atoms with E-state index >= 15 is 0 Å². The van der Waals surface area contributed by atoms with Crippen molar-refractivity contribution in [3.63, 3.8) is 0 Å². The molecule has 0 saturated carbocycles. The van der Waals surface area contributed by atoms with Gasteiger partial charge >= 0.3 is 5.97 Å². The van der Waals surface area contributed by atoms with Gasteiger partial charge in [0.05, 0.1) is 13.2 Å². The van der Waals surface area contributed by atoms with E-state index in [1.807, 2.05) is 0 Å². The average molecular weight is 296 g/mol. The molecule has 0 radical (unpaired) electrons. The summed E-state index contributed by atoms with van der Waals surface area (Å²) in [5.74, 6) is 0.746. The molecule has 4 nitrogen and oxygen atoms in total. The smallest absolute Gasteiger partial charge is 0.305 e. The molecule has 0 aliphatic rings. The van der Waals surface area contributed by atoms with Crippen LogP contribution in [-0.4, -0.2) is 32.4 Å². The Morgan fingerprint density at radius 1 is 1.15 bits per heavy atom. The van der Waals surface area contributed by atoms with Gasteiger partial charge < -0.3 is 14.6 Å². The predicted octanol–water partition coefficient (Wildman–Crippen LogP) is 3.43. The Balaban J connectivity index is 2.09. The lowest BCUT2D eigenvalue weighted by atomic mass is 10.3. The molecule has 0 aliphatic heterocycles. The molecule has 0 bridgehead atoms. The lowest BCUT2D eigenvalue weighted by Crippen LogP contribution is -2.22. The highest BCUT2D eigenvalue weighted by atomic mass is 28.3. The number of carbonyl (C=O) groups is 1. The summed E-state index contributed by atoms with van der Waals surface area (Å²) in [5, 5.41) is 9.13. The van der Waals surface area contributed by atoms with Gasteiger partial charge in [0.15, 0.2) is 0 Å².